The fourth-order valence-corrected chi connectivity index (χ4v) is 4.00. The van der Waals surface area contributed by atoms with Crippen LogP contribution in [0.15, 0.2) is 34.5 Å². The second-order valence-electron chi connectivity index (χ2n) is 6.15. The van der Waals surface area contributed by atoms with Crippen LogP contribution in [0.2, 0.25) is 0 Å². The number of rotatable bonds is 2. The molecule has 19 heavy (non-hydrogen) atoms. The summed E-state index contributed by atoms with van der Waals surface area (Å²) in [7, 11) is 0. The second-order valence-corrected chi connectivity index (χ2v) is 6.15. The van der Waals surface area contributed by atoms with Gasteiger partial charge in [0, 0.05) is 11.3 Å². The number of furan rings is 1. The molecule has 1 aromatic heterocycles. The maximum absolute atomic E-state index is 9.90. The Morgan fingerprint density at radius 2 is 2.21 bits per heavy atom. The lowest BCUT2D eigenvalue weighted by molar-refractivity contribution is -0.170. The van der Waals surface area contributed by atoms with Gasteiger partial charge in [0.2, 0.25) is 0 Å². The summed E-state index contributed by atoms with van der Waals surface area (Å²) in [5.41, 5.74) is 1.21. The van der Waals surface area contributed by atoms with Crippen molar-refractivity contribution in [1.82, 2.24) is 0 Å². The summed E-state index contributed by atoms with van der Waals surface area (Å²) in [5, 5.41) is 9.90. The van der Waals surface area contributed by atoms with Crippen LogP contribution in [0.25, 0.3) is 0 Å². The van der Waals surface area contributed by atoms with Crippen molar-refractivity contribution < 1.29 is 14.3 Å². The molecule has 1 aromatic rings. The minimum atomic E-state index is -0.146. The molecule has 5 atom stereocenters. The molecule has 2 heterocycles. The summed E-state index contributed by atoms with van der Waals surface area (Å²) in [6.07, 6.45) is 3.98. The van der Waals surface area contributed by atoms with Gasteiger partial charge in [0.1, 0.15) is 11.9 Å². The Kier molecular flexibility index (Phi) is 3.06. The number of hydrogen-bond donors (Lipinski definition) is 1. The molecular formula is C16H22O3. The molecule has 0 radical (unpaired) electrons. The summed E-state index contributed by atoms with van der Waals surface area (Å²) in [6.45, 7) is 7.37. The van der Waals surface area contributed by atoms with Crippen LogP contribution < -0.4 is 0 Å². The molecule has 0 spiro atoms. The Morgan fingerprint density at radius 3 is 2.84 bits per heavy atom. The maximum atomic E-state index is 9.90. The first-order chi connectivity index (χ1) is 9.10. The van der Waals surface area contributed by atoms with Gasteiger partial charge >= 0.3 is 0 Å². The minimum absolute atomic E-state index is 0.0200. The average molecular weight is 262 g/mol. The van der Waals surface area contributed by atoms with Crippen LogP contribution >= 0.6 is 0 Å². The molecule has 1 aliphatic carbocycles. The molecule has 0 aromatic carbocycles. The monoisotopic (exact) mass is 262 g/mol. The van der Waals surface area contributed by atoms with Gasteiger partial charge in [0.25, 0.3) is 0 Å². The standard InChI is InChI=1S/C16H22O3/c1-10-7-11(2)16(8-17)9-19-15(14(10)12(16)3)13-5-4-6-18-13/h4-7,11-12,14-15,17H,8-9H2,1-3H3/t11-,12+,14+,15+,16-/m0/s1. The van der Waals surface area contributed by atoms with E-state index in [1.54, 1.807) is 6.26 Å². The van der Waals surface area contributed by atoms with Gasteiger partial charge in [-0.2, -0.15) is 0 Å². The molecule has 0 saturated carbocycles. The Labute approximate surface area is 114 Å². The zero-order chi connectivity index (χ0) is 13.6. The Bertz CT molecular complexity index is 476. The van der Waals surface area contributed by atoms with Crippen molar-refractivity contribution in [3.05, 3.63) is 35.8 Å². The number of hydrogen-bond acceptors (Lipinski definition) is 3. The van der Waals surface area contributed by atoms with Crippen molar-refractivity contribution >= 4 is 0 Å². The molecule has 3 nitrogen and oxygen atoms in total. The van der Waals surface area contributed by atoms with E-state index in [1.165, 1.54) is 5.57 Å². The molecule has 2 aliphatic rings. The second kappa shape index (κ2) is 4.50. The third-order valence-corrected chi connectivity index (χ3v) is 5.37. The van der Waals surface area contributed by atoms with Gasteiger partial charge in [-0.3, -0.25) is 0 Å². The molecule has 2 bridgehead atoms. The van der Waals surface area contributed by atoms with Crippen molar-refractivity contribution in [3.8, 4) is 0 Å². The number of aliphatic hydroxyl groups is 1. The van der Waals surface area contributed by atoms with Gasteiger partial charge < -0.3 is 14.3 Å². The zero-order valence-electron chi connectivity index (χ0n) is 11.8. The van der Waals surface area contributed by atoms with E-state index < -0.39 is 0 Å². The molecule has 1 aliphatic heterocycles. The SMILES string of the molecule is CC1=C[C@H](C)[C@]2(CO)CO[C@H](c3ccco3)[C@H]1[C@H]2C. The number of allylic oxidation sites excluding steroid dienone is 1. The first-order valence-electron chi connectivity index (χ1n) is 7.04. The van der Waals surface area contributed by atoms with Crippen LogP contribution in [0.3, 0.4) is 0 Å². The summed E-state index contributed by atoms with van der Waals surface area (Å²) in [4.78, 5) is 0. The fourth-order valence-electron chi connectivity index (χ4n) is 4.00. The predicted octanol–water partition coefficient (Wildman–Crippen LogP) is 3.18. The van der Waals surface area contributed by atoms with E-state index in [2.05, 4.69) is 26.8 Å². The molecule has 0 unspecified atom stereocenters. The summed E-state index contributed by atoms with van der Waals surface area (Å²) < 4.78 is 11.6. The van der Waals surface area contributed by atoms with Gasteiger partial charge in [-0.05, 0) is 30.9 Å². The lowest BCUT2D eigenvalue weighted by atomic mass is 9.56. The highest BCUT2D eigenvalue weighted by atomic mass is 16.5. The van der Waals surface area contributed by atoms with Crippen LogP contribution in [0, 0.1) is 23.2 Å². The van der Waals surface area contributed by atoms with Crippen LogP contribution in [0.5, 0.6) is 0 Å². The molecule has 1 saturated heterocycles. The number of aliphatic hydroxyl groups excluding tert-OH is 1. The largest absolute Gasteiger partial charge is 0.467 e. The third kappa shape index (κ3) is 1.72. The van der Waals surface area contributed by atoms with Gasteiger partial charge in [0.15, 0.2) is 0 Å². The van der Waals surface area contributed by atoms with E-state index in [-0.39, 0.29) is 18.1 Å². The molecule has 104 valence electrons. The molecule has 3 rings (SSSR count). The molecule has 1 N–H and O–H groups in total. The van der Waals surface area contributed by atoms with E-state index in [4.69, 9.17) is 9.15 Å². The van der Waals surface area contributed by atoms with Gasteiger partial charge in [-0.15, -0.1) is 0 Å². The van der Waals surface area contributed by atoms with E-state index in [9.17, 15) is 5.11 Å². The molecule has 3 heteroatoms. The zero-order valence-corrected chi connectivity index (χ0v) is 11.8. The molecule has 1 fully saturated rings. The Hall–Kier alpha value is -1.06. The lowest BCUT2D eigenvalue weighted by Crippen LogP contribution is -2.53. The Balaban J connectivity index is 2.03. The fraction of sp³-hybridized carbons (Fsp3) is 0.625. The van der Waals surface area contributed by atoms with Gasteiger partial charge in [0.05, 0.1) is 19.5 Å². The van der Waals surface area contributed by atoms with Gasteiger partial charge in [-0.1, -0.05) is 25.5 Å². The van der Waals surface area contributed by atoms with E-state index >= 15 is 0 Å². The average Bonchev–Trinajstić information content (AvgIpc) is 2.90. The first kappa shape index (κ1) is 12.9. The number of fused-ring (bicyclic) bond motifs is 2. The highest BCUT2D eigenvalue weighted by Gasteiger charge is 2.53. The van der Waals surface area contributed by atoms with Gasteiger partial charge in [-0.25, -0.2) is 0 Å². The van der Waals surface area contributed by atoms with Crippen molar-refractivity contribution in [2.24, 2.45) is 23.2 Å². The quantitative estimate of drug-likeness (QED) is 0.832. The minimum Gasteiger partial charge on any atom is -0.467 e. The summed E-state index contributed by atoms with van der Waals surface area (Å²) in [6, 6.07) is 3.89. The lowest BCUT2D eigenvalue weighted by Gasteiger charge is -2.54. The molecule has 0 amide bonds. The van der Waals surface area contributed by atoms with Crippen molar-refractivity contribution in [3.63, 3.8) is 0 Å². The summed E-state index contributed by atoms with van der Waals surface area (Å²) >= 11 is 0. The van der Waals surface area contributed by atoms with Crippen LogP contribution in [0.4, 0.5) is 0 Å². The Morgan fingerprint density at radius 1 is 1.42 bits per heavy atom. The van der Waals surface area contributed by atoms with Crippen LogP contribution in [0.1, 0.15) is 32.6 Å². The highest BCUT2D eigenvalue weighted by Crippen LogP contribution is 2.55. The van der Waals surface area contributed by atoms with Crippen LogP contribution in [-0.4, -0.2) is 18.3 Å². The van der Waals surface area contributed by atoms with Crippen molar-refractivity contribution in [2.45, 2.75) is 26.9 Å². The van der Waals surface area contributed by atoms with Crippen molar-refractivity contribution in [1.29, 1.82) is 0 Å². The van der Waals surface area contributed by atoms with Crippen molar-refractivity contribution in [2.75, 3.05) is 13.2 Å². The number of ether oxygens (including phenoxy) is 1. The predicted molar refractivity (Wildman–Crippen MR) is 72.5 cm³/mol. The maximum Gasteiger partial charge on any atom is 0.133 e. The summed E-state index contributed by atoms with van der Waals surface area (Å²) in [5.74, 6) is 1.93. The van der Waals surface area contributed by atoms with E-state index in [1.807, 2.05) is 12.1 Å². The van der Waals surface area contributed by atoms with E-state index in [0.717, 1.165) is 5.76 Å². The first-order valence-corrected chi connectivity index (χ1v) is 7.04. The smallest absolute Gasteiger partial charge is 0.133 e. The normalized spacial score (nSPS) is 42.0. The van der Waals surface area contributed by atoms with E-state index in [0.29, 0.717) is 24.4 Å². The molecular weight excluding hydrogens is 240 g/mol. The third-order valence-electron chi connectivity index (χ3n) is 5.37. The highest BCUT2D eigenvalue weighted by molar-refractivity contribution is 5.23. The van der Waals surface area contributed by atoms with Crippen LogP contribution in [-0.2, 0) is 4.74 Å². The topological polar surface area (TPSA) is 42.6 Å².